The normalized spacial score (nSPS) is 22.8. The molecular formula is C22H27NO. The van der Waals surface area contributed by atoms with Crippen LogP contribution in [0.3, 0.4) is 0 Å². The Balaban J connectivity index is 1.90. The van der Waals surface area contributed by atoms with E-state index in [2.05, 4.69) is 74.2 Å². The number of Topliss-reactive ketones (excluding diaryl/α,β-unsaturated/α-hetero) is 1. The maximum absolute atomic E-state index is 12.2. The van der Waals surface area contributed by atoms with Gasteiger partial charge in [0.05, 0.1) is 5.54 Å². The summed E-state index contributed by atoms with van der Waals surface area (Å²) in [7, 11) is 0. The summed E-state index contributed by atoms with van der Waals surface area (Å²) >= 11 is 0. The fraction of sp³-hybridized carbons (Fsp3) is 0.409. The molecule has 24 heavy (non-hydrogen) atoms. The van der Waals surface area contributed by atoms with Gasteiger partial charge >= 0.3 is 0 Å². The van der Waals surface area contributed by atoms with E-state index in [4.69, 9.17) is 0 Å². The molecule has 0 saturated heterocycles. The van der Waals surface area contributed by atoms with Crippen molar-refractivity contribution in [2.24, 2.45) is 0 Å². The van der Waals surface area contributed by atoms with E-state index in [-0.39, 0.29) is 5.54 Å². The van der Waals surface area contributed by atoms with Crippen molar-refractivity contribution < 1.29 is 4.79 Å². The SMILES string of the molecule is CC(C)=CCCC1(C)C=CC2=C(CCC2=O)N1Cc1ccccc1. The summed E-state index contributed by atoms with van der Waals surface area (Å²) in [4.78, 5) is 14.6. The lowest BCUT2D eigenvalue weighted by atomic mass is 9.87. The lowest BCUT2D eigenvalue weighted by Gasteiger charge is -2.44. The maximum atomic E-state index is 12.2. The van der Waals surface area contributed by atoms with E-state index in [1.165, 1.54) is 16.8 Å². The van der Waals surface area contributed by atoms with Crippen molar-refractivity contribution in [1.29, 1.82) is 0 Å². The Hall–Kier alpha value is -2.09. The Morgan fingerprint density at radius 2 is 1.96 bits per heavy atom. The highest BCUT2D eigenvalue weighted by Crippen LogP contribution is 2.40. The number of ketones is 1. The molecule has 3 rings (SSSR count). The van der Waals surface area contributed by atoms with Crippen LogP contribution in [-0.4, -0.2) is 16.2 Å². The molecule has 1 aromatic rings. The van der Waals surface area contributed by atoms with Crippen LogP contribution in [0.1, 0.15) is 52.0 Å². The minimum Gasteiger partial charge on any atom is -0.361 e. The Morgan fingerprint density at radius 1 is 1.21 bits per heavy atom. The van der Waals surface area contributed by atoms with E-state index in [1.807, 2.05) is 0 Å². The first kappa shape index (κ1) is 16.8. The first-order valence-corrected chi connectivity index (χ1v) is 8.90. The van der Waals surface area contributed by atoms with Crippen LogP contribution in [0, 0.1) is 0 Å². The molecule has 1 atom stereocenters. The molecule has 1 unspecified atom stereocenters. The van der Waals surface area contributed by atoms with Gasteiger partial charge in [0.2, 0.25) is 0 Å². The van der Waals surface area contributed by atoms with Crippen LogP contribution < -0.4 is 0 Å². The van der Waals surface area contributed by atoms with Gasteiger partial charge in [-0.05, 0) is 45.6 Å². The number of carbonyl (C=O) groups excluding carboxylic acids is 1. The van der Waals surface area contributed by atoms with Crippen LogP contribution >= 0.6 is 0 Å². The van der Waals surface area contributed by atoms with Crippen molar-refractivity contribution >= 4 is 5.78 Å². The van der Waals surface area contributed by atoms with Crippen LogP contribution in [0.25, 0.3) is 0 Å². The molecule has 0 spiro atoms. The molecule has 0 radical (unpaired) electrons. The van der Waals surface area contributed by atoms with Crippen molar-refractivity contribution in [2.45, 2.75) is 58.5 Å². The van der Waals surface area contributed by atoms with Gasteiger partial charge in [0.1, 0.15) is 0 Å². The summed E-state index contributed by atoms with van der Waals surface area (Å²) in [5.74, 6) is 0.297. The van der Waals surface area contributed by atoms with Gasteiger partial charge in [-0.2, -0.15) is 0 Å². The molecule has 1 aromatic carbocycles. The molecule has 0 saturated carbocycles. The van der Waals surface area contributed by atoms with Crippen molar-refractivity contribution in [3.05, 3.63) is 71.0 Å². The number of hydrogen-bond acceptors (Lipinski definition) is 2. The Labute approximate surface area is 145 Å². The molecule has 0 aromatic heterocycles. The highest BCUT2D eigenvalue weighted by atomic mass is 16.1. The number of allylic oxidation sites excluding steroid dienone is 5. The lowest BCUT2D eigenvalue weighted by Crippen LogP contribution is -2.45. The van der Waals surface area contributed by atoms with Gasteiger partial charge in [-0.25, -0.2) is 0 Å². The summed E-state index contributed by atoms with van der Waals surface area (Å²) in [6.45, 7) is 7.47. The highest BCUT2D eigenvalue weighted by molar-refractivity contribution is 6.01. The monoisotopic (exact) mass is 321 g/mol. The Morgan fingerprint density at radius 3 is 2.67 bits per heavy atom. The summed E-state index contributed by atoms with van der Waals surface area (Å²) in [5.41, 5.74) is 4.80. The third-order valence-electron chi connectivity index (χ3n) is 5.14. The first-order chi connectivity index (χ1) is 11.5. The molecular weight excluding hydrogens is 294 g/mol. The van der Waals surface area contributed by atoms with Gasteiger partial charge in [0, 0.05) is 24.2 Å². The average Bonchev–Trinajstić information content (AvgIpc) is 2.92. The molecule has 2 nitrogen and oxygen atoms in total. The molecule has 0 N–H and O–H groups in total. The zero-order valence-corrected chi connectivity index (χ0v) is 15.0. The molecule has 0 fully saturated rings. The van der Waals surface area contributed by atoms with Gasteiger partial charge in [-0.15, -0.1) is 0 Å². The smallest absolute Gasteiger partial charge is 0.164 e. The van der Waals surface area contributed by atoms with Crippen LogP contribution in [0.2, 0.25) is 0 Å². The largest absolute Gasteiger partial charge is 0.361 e. The molecule has 1 aliphatic carbocycles. The zero-order chi connectivity index (χ0) is 17.2. The minimum atomic E-state index is -0.0365. The van der Waals surface area contributed by atoms with Crippen LogP contribution in [0.4, 0.5) is 0 Å². The van der Waals surface area contributed by atoms with E-state index in [0.29, 0.717) is 12.2 Å². The quantitative estimate of drug-likeness (QED) is 0.696. The second kappa shape index (κ2) is 6.80. The van der Waals surface area contributed by atoms with Crippen molar-refractivity contribution in [2.75, 3.05) is 0 Å². The second-order valence-corrected chi connectivity index (χ2v) is 7.37. The molecule has 126 valence electrons. The zero-order valence-electron chi connectivity index (χ0n) is 15.0. The van der Waals surface area contributed by atoms with E-state index >= 15 is 0 Å². The molecule has 1 heterocycles. The predicted octanol–water partition coefficient (Wildman–Crippen LogP) is 5.18. The minimum absolute atomic E-state index is 0.0365. The Bertz CT molecular complexity index is 707. The molecule has 2 heteroatoms. The number of carbonyl (C=O) groups is 1. The fourth-order valence-corrected chi connectivity index (χ4v) is 3.71. The molecule has 0 bridgehead atoms. The number of hydrogen-bond donors (Lipinski definition) is 0. The maximum Gasteiger partial charge on any atom is 0.164 e. The summed E-state index contributed by atoms with van der Waals surface area (Å²) in [6.07, 6.45) is 10.3. The van der Waals surface area contributed by atoms with E-state index in [9.17, 15) is 4.79 Å². The topological polar surface area (TPSA) is 20.3 Å². The fourth-order valence-electron chi connectivity index (χ4n) is 3.71. The van der Waals surface area contributed by atoms with Gasteiger partial charge in [-0.1, -0.05) is 54.1 Å². The third-order valence-corrected chi connectivity index (χ3v) is 5.14. The van der Waals surface area contributed by atoms with E-state index in [0.717, 1.165) is 31.4 Å². The third kappa shape index (κ3) is 3.38. The van der Waals surface area contributed by atoms with Gasteiger partial charge in [-0.3, -0.25) is 4.79 Å². The van der Waals surface area contributed by atoms with Crippen molar-refractivity contribution in [3.63, 3.8) is 0 Å². The standard InChI is InChI=1S/C22H27NO/c1-17(2)8-7-14-22(3)15-13-19-20(11-12-21(19)24)23(22)16-18-9-5-4-6-10-18/h4-6,8-10,13,15H,7,11-12,14,16H2,1-3H3. The van der Waals surface area contributed by atoms with Crippen molar-refractivity contribution in [1.82, 2.24) is 4.90 Å². The van der Waals surface area contributed by atoms with Crippen LogP contribution in [0.15, 0.2) is 65.4 Å². The number of nitrogens with zero attached hydrogens (tertiary/aromatic N) is 1. The number of rotatable bonds is 5. The van der Waals surface area contributed by atoms with Crippen molar-refractivity contribution in [3.8, 4) is 0 Å². The lowest BCUT2D eigenvalue weighted by molar-refractivity contribution is -0.114. The number of benzene rings is 1. The first-order valence-electron chi connectivity index (χ1n) is 8.90. The molecule has 0 amide bonds. The van der Waals surface area contributed by atoms with Gasteiger partial charge < -0.3 is 4.90 Å². The highest BCUT2D eigenvalue weighted by Gasteiger charge is 2.38. The van der Waals surface area contributed by atoms with Crippen LogP contribution in [0.5, 0.6) is 0 Å². The van der Waals surface area contributed by atoms with Crippen LogP contribution in [-0.2, 0) is 11.3 Å². The summed E-state index contributed by atoms with van der Waals surface area (Å²) in [6, 6.07) is 10.6. The summed E-state index contributed by atoms with van der Waals surface area (Å²) < 4.78 is 0. The summed E-state index contributed by atoms with van der Waals surface area (Å²) in [5, 5.41) is 0. The van der Waals surface area contributed by atoms with Gasteiger partial charge in [0.25, 0.3) is 0 Å². The molecule has 2 aliphatic rings. The Kier molecular flexibility index (Phi) is 4.75. The molecule has 1 aliphatic heterocycles. The van der Waals surface area contributed by atoms with Gasteiger partial charge in [0.15, 0.2) is 5.78 Å². The second-order valence-electron chi connectivity index (χ2n) is 7.37. The predicted molar refractivity (Wildman–Crippen MR) is 99.5 cm³/mol. The van der Waals surface area contributed by atoms with E-state index < -0.39 is 0 Å². The van der Waals surface area contributed by atoms with E-state index in [1.54, 1.807) is 0 Å². The average molecular weight is 321 g/mol.